The predicted octanol–water partition coefficient (Wildman–Crippen LogP) is 3.70. The van der Waals surface area contributed by atoms with Crippen LogP contribution in [0, 0.1) is 0 Å². The number of aromatic nitrogens is 4. The largest absolute Gasteiger partial charge is 0.395 e. The quantitative estimate of drug-likeness (QED) is 0.588. The maximum Gasteiger partial charge on any atom is 0.255 e. The molecule has 7 nitrogen and oxygen atoms in total. The number of benzene rings is 1. The highest BCUT2D eigenvalue weighted by atomic mass is 32.2. The number of hydrogen-bond acceptors (Lipinski definition) is 6. The second-order valence-corrected chi connectivity index (χ2v) is 12.0. The normalized spacial score (nSPS) is 23.1. The predicted molar refractivity (Wildman–Crippen MR) is 136 cm³/mol. The van der Waals surface area contributed by atoms with Crippen LogP contribution in [0.15, 0.2) is 42.6 Å². The summed E-state index contributed by atoms with van der Waals surface area (Å²) in [5, 5.41) is 19.1. The maximum atomic E-state index is 12.6. The molecule has 1 atom stereocenters. The van der Waals surface area contributed by atoms with E-state index in [1.807, 2.05) is 28.8 Å². The number of likely N-dealkylation sites (tertiary alicyclic amines) is 1. The molecule has 182 valence electrons. The molecule has 3 aliphatic rings. The summed E-state index contributed by atoms with van der Waals surface area (Å²) in [6.07, 6.45) is 6.75. The first-order valence-corrected chi connectivity index (χ1v) is 13.5. The Kier molecular flexibility index (Phi) is 5.68. The smallest absolute Gasteiger partial charge is 0.255 e. The molecule has 2 aromatic heterocycles. The Morgan fingerprint density at radius 2 is 1.83 bits per heavy atom. The van der Waals surface area contributed by atoms with Crippen LogP contribution in [0.4, 0.5) is 0 Å². The Labute approximate surface area is 210 Å². The third-order valence-electron chi connectivity index (χ3n) is 7.77. The van der Waals surface area contributed by atoms with E-state index in [0.29, 0.717) is 5.56 Å². The number of hydrogen-bond donors (Lipinski definition) is 1. The summed E-state index contributed by atoms with van der Waals surface area (Å²) in [7, 11) is 0. The topological polar surface area (TPSA) is 84.1 Å². The van der Waals surface area contributed by atoms with E-state index in [-0.39, 0.29) is 22.7 Å². The van der Waals surface area contributed by atoms with Gasteiger partial charge in [0.1, 0.15) is 11.6 Å². The minimum atomic E-state index is -0.196. The van der Waals surface area contributed by atoms with Gasteiger partial charge in [0, 0.05) is 48.3 Å². The van der Waals surface area contributed by atoms with Crippen molar-refractivity contribution in [2.45, 2.75) is 55.7 Å². The van der Waals surface area contributed by atoms with Gasteiger partial charge in [-0.05, 0) is 50.3 Å². The average molecular weight is 490 g/mol. The highest BCUT2D eigenvalue weighted by molar-refractivity contribution is 8.00. The molecule has 2 aliphatic heterocycles. The lowest BCUT2D eigenvalue weighted by Gasteiger charge is -2.23. The average Bonchev–Trinajstić information content (AvgIpc) is 3.38. The molecule has 4 heterocycles. The molecule has 6 rings (SSSR count). The molecule has 0 bridgehead atoms. The van der Waals surface area contributed by atoms with Gasteiger partial charge in [-0.15, -0.1) is 10.2 Å². The van der Waals surface area contributed by atoms with Gasteiger partial charge in [-0.25, -0.2) is 0 Å². The molecule has 0 radical (unpaired) electrons. The Morgan fingerprint density at radius 3 is 2.49 bits per heavy atom. The first-order chi connectivity index (χ1) is 17.0. The van der Waals surface area contributed by atoms with Crippen molar-refractivity contribution in [1.29, 1.82) is 0 Å². The van der Waals surface area contributed by atoms with Crippen LogP contribution in [0.2, 0.25) is 0 Å². The molecule has 1 N–H and O–H groups in total. The number of carbonyl (C=O) groups is 1. The van der Waals surface area contributed by atoms with Crippen molar-refractivity contribution in [3.63, 3.8) is 0 Å². The number of thioether (sulfide) groups is 1. The molecule has 2 fully saturated rings. The zero-order valence-corrected chi connectivity index (χ0v) is 20.9. The SMILES string of the molecule is CC1(CO)Cc2nnc(C3(c4ccc(-c5ccc(C(=O)N6CCCC6)cn5)cc4)CC3)n2CCS1. The summed E-state index contributed by atoms with van der Waals surface area (Å²) >= 11 is 1.82. The van der Waals surface area contributed by atoms with Crippen LogP contribution in [0.3, 0.4) is 0 Å². The molecule has 1 unspecified atom stereocenters. The lowest BCUT2D eigenvalue weighted by Crippen LogP contribution is -2.28. The highest BCUT2D eigenvalue weighted by Gasteiger charge is 2.50. The van der Waals surface area contributed by atoms with Crippen LogP contribution in [-0.4, -0.2) is 65.9 Å². The fourth-order valence-corrected chi connectivity index (χ4v) is 6.53. The maximum absolute atomic E-state index is 12.6. The first kappa shape index (κ1) is 22.7. The van der Waals surface area contributed by atoms with Crippen molar-refractivity contribution in [2.75, 3.05) is 25.4 Å². The Hall–Kier alpha value is -2.71. The van der Waals surface area contributed by atoms with Crippen LogP contribution in [-0.2, 0) is 18.4 Å². The van der Waals surface area contributed by atoms with Crippen molar-refractivity contribution in [2.24, 2.45) is 0 Å². The van der Waals surface area contributed by atoms with Gasteiger partial charge in [0.25, 0.3) is 5.91 Å². The zero-order chi connectivity index (χ0) is 24.0. The van der Waals surface area contributed by atoms with E-state index in [9.17, 15) is 9.90 Å². The minimum Gasteiger partial charge on any atom is -0.395 e. The fraction of sp³-hybridized carbons (Fsp3) is 0.481. The van der Waals surface area contributed by atoms with Crippen molar-refractivity contribution in [3.8, 4) is 11.3 Å². The number of carbonyl (C=O) groups excluding carboxylic acids is 1. The third-order valence-corrected chi connectivity index (χ3v) is 9.13. The van der Waals surface area contributed by atoms with E-state index in [1.54, 1.807) is 6.20 Å². The van der Waals surface area contributed by atoms with Crippen LogP contribution < -0.4 is 0 Å². The van der Waals surface area contributed by atoms with Gasteiger partial charge in [0.15, 0.2) is 0 Å². The van der Waals surface area contributed by atoms with Crippen molar-refractivity contribution in [3.05, 3.63) is 65.4 Å². The summed E-state index contributed by atoms with van der Waals surface area (Å²) in [5.41, 5.74) is 3.76. The van der Waals surface area contributed by atoms with E-state index in [2.05, 4.69) is 50.9 Å². The van der Waals surface area contributed by atoms with E-state index >= 15 is 0 Å². The van der Waals surface area contributed by atoms with E-state index < -0.39 is 0 Å². The molecule has 8 heteroatoms. The molecule has 1 aliphatic carbocycles. The van der Waals surface area contributed by atoms with Gasteiger partial charge in [-0.1, -0.05) is 24.3 Å². The van der Waals surface area contributed by atoms with Gasteiger partial charge in [-0.3, -0.25) is 9.78 Å². The Bertz CT molecular complexity index is 1230. The number of pyridine rings is 1. The van der Waals surface area contributed by atoms with Crippen LogP contribution in [0.5, 0.6) is 0 Å². The van der Waals surface area contributed by atoms with Crippen LogP contribution in [0.25, 0.3) is 11.3 Å². The Balaban J connectivity index is 1.22. The zero-order valence-electron chi connectivity index (χ0n) is 20.1. The van der Waals surface area contributed by atoms with E-state index in [1.165, 1.54) is 5.56 Å². The lowest BCUT2D eigenvalue weighted by atomic mass is 9.93. The van der Waals surface area contributed by atoms with Gasteiger partial charge in [0.2, 0.25) is 0 Å². The number of rotatable bonds is 5. The molecule has 1 saturated heterocycles. The molecule has 1 saturated carbocycles. The van der Waals surface area contributed by atoms with E-state index in [0.717, 1.165) is 80.4 Å². The molecule has 35 heavy (non-hydrogen) atoms. The number of aliphatic hydroxyl groups is 1. The second kappa shape index (κ2) is 8.75. The lowest BCUT2D eigenvalue weighted by molar-refractivity contribution is 0.0792. The summed E-state index contributed by atoms with van der Waals surface area (Å²) < 4.78 is 2.10. The number of fused-ring (bicyclic) bond motifs is 1. The van der Waals surface area contributed by atoms with Crippen LogP contribution in [0.1, 0.15) is 60.2 Å². The van der Waals surface area contributed by atoms with Crippen molar-refractivity contribution < 1.29 is 9.90 Å². The molecule has 3 aromatic rings. The summed E-state index contributed by atoms with van der Waals surface area (Å²) in [5.74, 6) is 3.08. The standard InChI is InChI=1S/C27H31N5O2S/c1-26(18-33)16-23-29-30-25(32(23)14-15-35-26)27(10-11-27)21-7-4-19(5-8-21)22-9-6-20(17-28-22)24(34)31-12-2-3-13-31/h4-9,17,33H,2-3,10-16,18H2,1H3. The second-order valence-electron chi connectivity index (χ2n) is 10.3. The summed E-state index contributed by atoms with van der Waals surface area (Å²) in [4.78, 5) is 19.1. The fourth-order valence-electron chi connectivity index (χ4n) is 5.45. The summed E-state index contributed by atoms with van der Waals surface area (Å²) in [6, 6.07) is 12.5. The van der Waals surface area contributed by atoms with E-state index in [4.69, 9.17) is 0 Å². The molecule has 1 amide bonds. The number of nitrogens with zero attached hydrogens (tertiary/aromatic N) is 5. The van der Waals surface area contributed by atoms with Gasteiger partial charge >= 0.3 is 0 Å². The summed E-state index contributed by atoms with van der Waals surface area (Å²) in [6.45, 7) is 4.82. The van der Waals surface area contributed by atoms with Gasteiger partial charge in [-0.2, -0.15) is 11.8 Å². The number of aliphatic hydroxyl groups excluding tert-OH is 1. The van der Waals surface area contributed by atoms with Gasteiger partial charge < -0.3 is 14.6 Å². The van der Waals surface area contributed by atoms with Crippen molar-refractivity contribution in [1.82, 2.24) is 24.6 Å². The highest BCUT2D eigenvalue weighted by Crippen LogP contribution is 2.53. The monoisotopic (exact) mass is 489 g/mol. The third kappa shape index (κ3) is 4.06. The minimum absolute atomic E-state index is 0.0756. The number of amides is 1. The first-order valence-electron chi connectivity index (χ1n) is 12.6. The van der Waals surface area contributed by atoms with Gasteiger partial charge in [0.05, 0.1) is 23.3 Å². The van der Waals surface area contributed by atoms with Crippen molar-refractivity contribution >= 4 is 17.7 Å². The molecular weight excluding hydrogens is 458 g/mol. The van der Waals surface area contributed by atoms with Crippen LogP contribution >= 0.6 is 11.8 Å². The molecular formula is C27H31N5O2S. The Morgan fingerprint density at radius 1 is 1.06 bits per heavy atom. The molecule has 0 spiro atoms. The molecule has 1 aromatic carbocycles.